The van der Waals surface area contributed by atoms with Crippen molar-refractivity contribution in [2.24, 2.45) is 16.8 Å². The number of nitrogens with one attached hydrogen (secondary N) is 1. The van der Waals surface area contributed by atoms with Gasteiger partial charge in [-0.05, 0) is 24.5 Å². The highest BCUT2D eigenvalue weighted by Gasteiger charge is 2.25. The second-order valence-electron chi connectivity index (χ2n) is 6.08. The predicted molar refractivity (Wildman–Crippen MR) is 115 cm³/mol. The van der Waals surface area contributed by atoms with Crippen molar-refractivity contribution in [3.63, 3.8) is 0 Å². The van der Waals surface area contributed by atoms with E-state index in [1.807, 2.05) is 24.8 Å². The summed E-state index contributed by atoms with van der Waals surface area (Å²) in [5, 5.41) is 3.29. The van der Waals surface area contributed by atoms with Gasteiger partial charge in [-0.3, -0.25) is 9.79 Å². The lowest BCUT2D eigenvalue weighted by Crippen LogP contribution is -2.42. The van der Waals surface area contributed by atoms with E-state index in [9.17, 15) is 4.79 Å². The van der Waals surface area contributed by atoms with Crippen LogP contribution >= 0.6 is 35.7 Å². The van der Waals surface area contributed by atoms with E-state index in [2.05, 4.69) is 39.5 Å². The molecule has 1 heterocycles. The number of rotatable bonds is 6. The summed E-state index contributed by atoms with van der Waals surface area (Å²) < 4.78 is 4.76. The van der Waals surface area contributed by atoms with Crippen LogP contribution in [0.2, 0.25) is 0 Å². The summed E-state index contributed by atoms with van der Waals surface area (Å²) in [6, 6.07) is 10.5. The number of halogens is 1. The molecule has 1 saturated heterocycles. The molecule has 1 fully saturated rings. The summed E-state index contributed by atoms with van der Waals surface area (Å²) in [6.07, 6.45) is 1.17. The summed E-state index contributed by atoms with van der Waals surface area (Å²) in [6.45, 7) is 4.41. The lowest BCUT2D eigenvalue weighted by molar-refractivity contribution is -0.144. The number of carbonyl (C=O) groups is 1. The van der Waals surface area contributed by atoms with Crippen molar-refractivity contribution in [2.45, 2.75) is 18.2 Å². The van der Waals surface area contributed by atoms with Crippen LogP contribution in [-0.4, -0.2) is 56.4 Å². The summed E-state index contributed by atoms with van der Waals surface area (Å²) >= 11 is 1.92. The van der Waals surface area contributed by atoms with Gasteiger partial charge in [0.15, 0.2) is 5.96 Å². The molecule has 1 N–H and O–H groups in total. The lowest BCUT2D eigenvalue weighted by Gasteiger charge is -2.22. The summed E-state index contributed by atoms with van der Waals surface area (Å²) in [5.41, 5.74) is 0. The van der Waals surface area contributed by atoms with Crippen LogP contribution in [0, 0.1) is 11.8 Å². The Kier molecular flexibility index (Phi) is 10.3. The molecule has 1 aliphatic heterocycles. The molecule has 0 amide bonds. The average Bonchev–Trinajstić information content (AvgIpc) is 3.09. The SMILES string of the molecule is CN=C(NCC(C)C(=O)OC)N1CCC(CSc2ccccc2)C1.I. The van der Waals surface area contributed by atoms with Crippen molar-refractivity contribution in [2.75, 3.05) is 39.5 Å². The van der Waals surface area contributed by atoms with Gasteiger partial charge in [-0.2, -0.15) is 0 Å². The van der Waals surface area contributed by atoms with Crippen LogP contribution in [0.4, 0.5) is 0 Å². The van der Waals surface area contributed by atoms with Crippen molar-refractivity contribution in [1.82, 2.24) is 10.2 Å². The molecule has 2 unspecified atom stereocenters. The first-order valence-electron chi connectivity index (χ1n) is 8.35. The molecule has 7 heteroatoms. The van der Waals surface area contributed by atoms with E-state index < -0.39 is 0 Å². The van der Waals surface area contributed by atoms with Crippen molar-refractivity contribution in [1.29, 1.82) is 0 Å². The summed E-state index contributed by atoms with van der Waals surface area (Å²) in [5.74, 6) is 2.27. The number of hydrogen-bond acceptors (Lipinski definition) is 4. The normalized spacial score (nSPS) is 18.4. The number of carbonyl (C=O) groups excluding carboxylic acids is 1. The van der Waals surface area contributed by atoms with Crippen LogP contribution in [0.1, 0.15) is 13.3 Å². The molecule has 2 atom stereocenters. The van der Waals surface area contributed by atoms with Crippen LogP contribution in [-0.2, 0) is 9.53 Å². The van der Waals surface area contributed by atoms with E-state index in [-0.39, 0.29) is 35.9 Å². The molecular formula is C18H28IN3O2S. The van der Waals surface area contributed by atoms with Gasteiger partial charge in [0.2, 0.25) is 0 Å². The summed E-state index contributed by atoms with van der Waals surface area (Å²) in [4.78, 5) is 19.4. The first-order chi connectivity index (χ1) is 11.6. The van der Waals surface area contributed by atoms with Crippen LogP contribution in [0.5, 0.6) is 0 Å². The zero-order valence-electron chi connectivity index (χ0n) is 15.1. The minimum atomic E-state index is -0.198. The highest BCUT2D eigenvalue weighted by molar-refractivity contribution is 14.0. The Morgan fingerprint density at radius 3 is 2.80 bits per heavy atom. The largest absolute Gasteiger partial charge is 0.469 e. The number of ether oxygens (including phenoxy) is 1. The fourth-order valence-electron chi connectivity index (χ4n) is 2.75. The third kappa shape index (κ3) is 7.05. The van der Waals surface area contributed by atoms with Gasteiger partial charge in [0.25, 0.3) is 0 Å². The van der Waals surface area contributed by atoms with Gasteiger partial charge in [-0.1, -0.05) is 25.1 Å². The zero-order chi connectivity index (χ0) is 17.4. The molecule has 1 aromatic rings. The maximum absolute atomic E-state index is 11.5. The summed E-state index contributed by atoms with van der Waals surface area (Å²) in [7, 11) is 3.21. The molecule has 0 saturated carbocycles. The molecular weight excluding hydrogens is 449 g/mol. The van der Waals surface area contributed by atoms with Crippen LogP contribution < -0.4 is 5.32 Å². The first kappa shape index (κ1) is 22.1. The Labute approximate surface area is 172 Å². The zero-order valence-corrected chi connectivity index (χ0v) is 18.3. The van der Waals surface area contributed by atoms with Gasteiger partial charge in [-0.15, -0.1) is 35.7 Å². The number of thioether (sulfide) groups is 1. The number of aliphatic imine (C=N–C) groups is 1. The molecule has 0 aliphatic carbocycles. The molecule has 0 aromatic heterocycles. The topological polar surface area (TPSA) is 53.9 Å². The number of hydrogen-bond donors (Lipinski definition) is 1. The van der Waals surface area contributed by atoms with E-state index in [0.717, 1.165) is 24.8 Å². The first-order valence-corrected chi connectivity index (χ1v) is 9.34. The molecule has 1 aromatic carbocycles. The Morgan fingerprint density at radius 1 is 1.44 bits per heavy atom. The average molecular weight is 477 g/mol. The van der Waals surface area contributed by atoms with Crippen molar-refractivity contribution >= 4 is 47.7 Å². The lowest BCUT2D eigenvalue weighted by atomic mass is 10.2. The van der Waals surface area contributed by atoms with Crippen molar-refractivity contribution in [3.05, 3.63) is 30.3 Å². The number of guanidine groups is 1. The van der Waals surface area contributed by atoms with Gasteiger partial charge >= 0.3 is 5.97 Å². The smallest absolute Gasteiger partial charge is 0.310 e. The highest BCUT2D eigenvalue weighted by atomic mass is 127. The maximum Gasteiger partial charge on any atom is 0.310 e. The fraction of sp³-hybridized carbons (Fsp3) is 0.556. The second kappa shape index (κ2) is 11.6. The van der Waals surface area contributed by atoms with E-state index in [4.69, 9.17) is 4.74 Å². The molecule has 0 radical (unpaired) electrons. The number of nitrogens with zero attached hydrogens (tertiary/aromatic N) is 2. The van der Waals surface area contributed by atoms with Crippen molar-refractivity contribution in [3.8, 4) is 0 Å². The van der Waals surface area contributed by atoms with Crippen LogP contribution in [0.3, 0.4) is 0 Å². The minimum absolute atomic E-state index is 0. The number of benzene rings is 1. The van der Waals surface area contributed by atoms with Crippen LogP contribution in [0.25, 0.3) is 0 Å². The molecule has 2 rings (SSSR count). The highest BCUT2D eigenvalue weighted by Crippen LogP contribution is 2.25. The maximum atomic E-state index is 11.5. The third-order valence-electron chi connectivity index (χ3n) is 4.20. The van der Waals surface area contributed by atoms with Crippen LogP contribution in [0.15, 0.2) is 40.2 Å². The van der Waals surface area contributed by atoms with Gasteiger partial charge in [0, 0.05) is 37.3 Å². The van der Waals surface area contributed by atoms with E-state index in [0.29, 0.717) is 12.5 Å². The number of methoxy groups -OCH3 is 1. The third-order valence-corrected chi connectivity index (χ3v) is 5.44. The quantitative estimate of drug-likeness (QED) is 0.225. The second-order valence-corrected chi connectivity index (χ2v) is 7.17. The van der Waals surface area contributed by atoms with Crippen molar-refractivity contribution < 1.29 is 9.53 Å². The standard InChI is InChI=1S/C18H27N3O2S.HI/c1-14(17(22)23-3)11-20-18(19-2)21-10-9-15(12-21)13-24-16-7-5-4-6-8-16;/h4-8,14-15H,9-13H2,1-3H3,(H,19,20);1H. The molecule has 1 aliphatic rings. The van der Waals surface area contributed by atoms with E-state index in [1.54, 1.807) is 7.05 Å². The Bertz CT molecular complexity index is 557. The predicted octanol–water partition coefficient (Wildman–Crippen LogP) is 3.10. The monoisotopic (exact) mass is 477 g/mol. The van der Waals surface area contributed by atoms with Gasteiger partial charge in [0.05, 0.1) is 13.0 Å². The van der Waals surface area contributed by atoms with E-state index in [1.165, 1.54) is 18.4 Å². The molecule has 0 bridgehead atoms. The Hall–Kier alpha value is -0.960. The number of esters is 1. The number of likely N-dealkylation sites (tertiary alicyclic amines) is 1. The molecule has 25 heavy (non-hydrogen) atoms. The molecule has 5 nitrogen and oxygen atoms in total. The molecule has 0 spiro atoms. The van der Waals surface area contributed by atoms with E-state index >= 15 is 0 Å². The van der Waals surface area contributed by atoms with Gasteiger partial charge in [-0.25, -0.2) is 0 Å². The Balaban J connectivity index is 0.00000312. The fourth-order valence-corrected chi connectivity index (χ4v) is 3.80. The van der Waals surface area contributed by atoms with Gasteiger partial charge < -0.3 is 15.0 Å². The van der Waals surface area contributed by atoms with Gasteiger partial charge in [0.1, 0.15) is 0 Å². The Morgan fingerprint density at radius 2 is 2.16 bits per heavy atom. The minimum Gasteiger partial charge on any atom is -0.469 e. The molecule has 140 valence electrons.